The molecule has 0 bridgehead atoms. The Labute approximate surface area is 119 Å². The number of hydrogen-bond donors (Lipinski definition) is 1. The summed E-state index contributed by atoms with van der Waals surface area (Å²) in [5, 5.41) is 0. The maximum absolute atomic E-state index is 11.2. The molecule has 1 saturated heterocycles. The Morgan fingerprint density at radius 1 is 1.55 bits per heavy atom. The van der Waals surface area contributed by atoms with E-state index in [4.69, 9.17) is 15.2 Å². The molecule has 5 nitrogen and oxygen atoms in total. The molecule has 1 aliphatic heterocycles. The van der Waals surface area contributed by atoms with E-state index in [0.717, 1.165) is 37.3 Å². The number of nitrogens with zero attached hydrogens (tertiary/aromatic N) is 1. The highest BCUT2D eigenvalue weighted by Gasteiger charge is 2.20. The van der Waals surface area contributed by atoms with Gasteiger partial charge in [0.05, 0.1) is 19.8 Å². The molecule has 0 spiro atoms. The molecule has 0 aliphatic carbocycles. The highest BCUT2D eigenvalue weighted by atomic mass is 16.5. The van der Waals surface area contributed by atoms with Crippen LogP contribution in [0.2, 0.25) is 0 Å². The van der Waals surface area contributed by atoms with Gasteiger partial charge in [-0.25, -0.2) is 0 Å². The molecule has 0 saturated carbocycles. The lowest BCUT2D eigenvalue weighted by Gasteiger charge is -2.24. The van der Waals surface area contributed by atoms with Gasteiger partial charge in [0.25, 0.3) is 0 Å². The van der Waals surface area contributed by atoms with Crippen LogP contribution in [0.15, 0.2) is 24.3 Å². The lowest BCUT2D eigenvalue weighted by Crippen LogP contribution is -2.38. The summed E-state index contributed by atoms with van der Waals surface area (Å²) in [4.78, 5) is 13.2. The third-order valence-electron chi connectivity index (χ3n) is 3.41. The summed E-state index contributed by atoms with van der Waals surface area (Å²) in [6, 6.07) is 7.85. The Bertz CT molecular complexity index is 444. The van der Waals surface area contributed by atoms with Gasteiger partial charge in [-0.3, -0.25) is 9.69 Å². The van der Waals surface area contributed by atoms with Gasteiger partial charge in [-0.2, -0.15) is 0 Å². The first-order valence-electron chi connectivity index (χ1n) is 6.92. The molecule has 2 N–H and O–H groups in total. The first kappa shape index (κ1) is 14.8. The van der Waals surface area contributed by atoms with Crippen molar-refractivity contribution in [2.24, 2.45) is 5.73 Å². The number of methoxy groups -OCH3 is 1. The molecule has 0 unspecified atom stereocenters. The van der Waals surface area contributed by atoms with Crippen LogP contribution in [0.25, 0.3) is 0 Å². The second-order valence-electron chi connectivity index (χ2n) is 5.12. The summed E-state index contributed by atoms with van der Waals surface area (Å²) >= 11 is 0. The van der Waals surface area contributed by atoms with Gasteiger partial charge in [0, 0.05) is 19.7 Å². The van der Waals surface area contributed by atoms with E-state index in [0.29, 0.717) is 6.54 Å². The normalized spacial score (nSPS) is 18.4. The predicted octanol–water partition coefficient (Wildman–Crippen LogP) is 1.16. The van der Waals surface area contributed by atoms with Gasteiger partial charge < -0.3 is 15.2 Å². The number of carbonyl (C=O) groups is 1. The molecule has 110 valence electrons. The topological polar surface area (TPSA) is 64.8 Å². The first-order chi connectivity index (χ1) is 9.67. The van der Waals surface area contributed by atoms with Crippen molar-refractivity contribution in [2.75, 3.05) is 26.8 Å². The third kappa shape index (κ3) is 4.51. The van der Waals surface area contributed by atoms with E-state index < -0.39 is 0 Å². The van der Waals surface area contributed by atoms with Gasteiger partial charge >= 0.3 is 0 Å². The van der Waals surface area contributed by atoms with Crippen molar-refractivity contribution >= 4 is 5.91 Å². The van der Waals surface area contributed by atoms with Crippen molar-refractivity contribution < 1.29 is 14.3 Å². The van der Waals surface area contributed by atoms with Crippen molar-refractivity contribution in [1.82, 2.24) is 4.90 Å². The molecule has 1 atom stereocenters. The summed E-state index contributed by atoms with van der Waals surface area (Å²) < 4.78 is 10.8. The van der Waals surface area contributed by atoms with Crippen molar-refractivity contribution in [2.45, 2.75) is 25.5 Å². The van der Waals surface area contributed by atoms with Gasteiger partial charge in [0.1, 0.15) is 5.75 Å². The van der Waals surface area contributed by atoms with Crippen LogP contribution in [0.4, 0.5) is 0 Å². The number of hydrogen-bond acceptors (Lipinski definition) is 4. The Balaban J connectivity index is 1.99. The smallest absolute Gasteiger partial charge is 0.231 e. The second kappa shape index (κ2) is 7.26. The van der Waals surface area contributed by atoms with Crippen LogP contribution in [-0.4, -0.2) is 43.7 Å². The Morgan fingerprint density at radius 2 is 2.40 bits per heavy atom. The van der Waals surface area contributed by atoms with E-state index >= 15 is 0 Å². The summed E-state index contributed by atoms with van der Waals surface area (Å²) in [7, 11) is 1.65. The van der Waals surface area contributed by atoms with E-state index in [9.17, 15) is 4.79 Å². The number of carbonyl (C=O) groups excluding carboxylic acids is 1. The van der Waals surface area contributed by atoms with Crippen LogP contribution in [0.1, 0.15) is 18.4 Å². The average Bonchev–Trinajstić information content (AvgIpc) is 2.91. The molecular formula is C15H22N2O3. The molecule has 2 rings (SSSR count). The number of amides is 1. The van der Waals surface area contributed by atoms with E-state index in [1.54, 1.807) is 7.11 Å². The summed E-state index contributed by atoms with van der Waals surface area (Å²) in [5.74, 6) is 0.504. The molecule has 0 radical (unpaired) electrons. The number of primary amides is 1. The van der Waals surface area contributed by atoms with Gasteiger partial charge in [-0.15, -0.1) is 0 Å². The van der Waals surface area contributed by atoms with Gasteiger partial charge in [-0.1, -0.05) is 12.1 Å². The molecule has 0 aromatic heterocycles. The standard InChI is InChI=1S/C15H22N2O3/c1-19-13-5-2-4-12(8-13)9-17(11-15(16)18)10-14-6-3-7-20-14/h2,4-5,8,14H,3,6-7,9-11H2,1H3,(H2,16,18)/t14-/m1/s1. The zero-order valence-electron chi connectivity index (χ0n) is 11.9. The van der Waals surface area contributed by atoms with Crippen LogP contribution >= 0.6 is 0 Å². The van der Waals surface area contributed by atoms with Crippen molar-refractivity contribution in [3.8, 4) is 5.75 Å². The van der Waals surface area contributed by atoms with Crippen molar-refractivity contribution in [3.63, 3.8) is 0 Å². The fraction of sp³-hybridized carbons (Fsp3) is 0.533. The number of benzene rings is 1. The maximum atomic E-state index is 11.2. The molecule has 1 aromatic rings. The van der Waals surface area contributed by atoms with E-state index in [-0.39, 0.29) is 18.6 Å². The van der Waals surface area contributed by atoms with Gasteiger partial charge in [0.2, 0.25) is 5.91 Å². The monoisotopic (exact) mass is 278 g/mol. The molecule has 1 fully saturated rings. The zero-order chi connectivity index (χ0) is 14.4. The fourth-order valence-electron chi connectivity index (χ4n) is 2.51. The maximum Gasteiger partial charge on any atom is 0.231 e. The third-order valence-corrected chi connectivity index (χ3v) is 3.41. The summed E-state index contributed by atoms with van der Waals surface area (Å²) in [6.45, 7) is 2.46. The SMILES string of the molecule is COc1cccc(CN(CC(N)=O)C[C@H]2CCCO2)c1. The highest BCUT2D eigenvalue weighted by molar-refractivity contribution is 5.75. The van der Waals surface area contributed by atoms with Crippen LogP contribution in [0.5, 0.6) is 5.75 Å². The van der Waals surface area contributed by atoms with Crippen molar-refractivity contribution in [3.05, 3.63) is 29.8 Å². The van der Waals surface area contributed by atoms with Crippen LogP contribution in [0, 0.1) is 0 Å². The minimum atomic E-state index is -0.314. The molecule has 1 heterocycles. The highest BCUT2D eigenvalue weighted by Crippen LogP contribution is 2.17. The molecular weight excluding hydrogens is 256 g/mol. The van der Waals surface area contributed by atoms with Crippen molar-refractivity contribution in [1.29, 1.82) is 0 Å². The fourth-order valence-corrected chi connectivity index (χ4v) is 2.51. The number of rotatable bonds is 7. The molecule has 1 aliphatic rings. The second-order valence-corrected chi connectivity index (χ2v) is 5.12. The Hall–Kier alpha value is -1.59. The summed E-state index contributed by atoms with van der Waals surface area (Å²) in [6.07, 6.45) is 2.35. The van der Waals surface area contributed by atoms with Crippen LogP contribution in [0.3, 0.4) is 0 Å². The largest absolute Gasteiger partial charge is 0.497 e. The molecule has 5 heteroatoms. The predicted molar refractivity (Wildman–Crippen MR) is 76.4 cm³/mol. The zero-order valence-corrected chi connectivity index (χ0v) is 11.9. The van der Waals surface area contributed by atoms with E-state index in [2.05, 4.69) is 0 Å². The molecule has 1 amide bonds. The first-order valence-corrected chi connectivity index (χ1v) is 6.92. The van der Waals surface area contributed by atoms with Gasteiger partial charge in [0.15, 0.2) is 0 Å². The lowest BCUT2D eigenvalue weighted by atomic mass is 10.1. The lowest BCUT2D eigenvalue weighted by molar-refractivity contribution is -0.119. The average molecular weight is 278 g/mol. The van der Waals surface area contributed by atoms with E-state index in [1.165, 1.54) is 0 Å². The van der Waals surface area contributed by atoms with Gasteiger partial charge in [-0.05, 0) is 30.5 Å². The molecule has 1 aromatic carbocycles. The number of nitrogens with two attached hydrogens (primary N) is 1. The molecule has 20 heavy (non-hydrogen) atoms. The van der Waals surface area contributed by atoms with Crippen LogP contribution in [-0.2, 0) is 16.1 Å². The quantitative estimate of drug-likeness (QED) is 0.813. The Kier molecular flexibility index (Phi) is 5.38. The number of ether oxygens (including phenoxy) is 2. The minimum Gasteiger partial charge on any atom is -0.497 e. The van der Waals surface area contributed by atoms with Crippen LogP contribution < -0.4 is 10.5 Å². The minimum absolute atomic E-state index is 0.208. The Morgan fingerprint density at radius 3 is 3.05 bits per heavy atom. The summed E-state index contributed by atoms with van der Waals surface area (Å²) in [5.41, 5.74) is 6.43. The van der Waals surface area contributed by atoms with E-state index in [1.807, 2.05) is 29.2 Å².